The lowest BCUT2D eigenvalue weighted by atomic mass is 10.0. The van der Waals surface area contributed by atoms with Gasteiger partial charge in [-0.1, -0.05) is 24.3 Å². The van der Waals surface area contributed by atoms with Crippen molar-refractivity contribution < 1.29 is 0 Å². The maximum absolute atomic E-state index is 5.94. The molecular weight excluding hydrogens is 191 g/mol. The van der Waals surface area contributed by atoms with Gasteiger partial charge in [-0.25, -0.2) is 0 Å². The van der Waals surface area contributed by atoms with Gasteiger partial charge < -0.3 is 0 Å². The van der Waals surface area contributed by atoms with Gasteiger partial charge in [-0.3, -0.25) is 0 Å². The molecule has 0 amide bonds. The fraction of sp³-hybridized carbons (Fsp3) is 0.400. The van der Waals surface area contributed by atoms with Crippen molar-refractivity contribution in [3.05, 3.63) is 35.4 Å². The van der Waals surface area contributed by atoms with Crippen molar-refractivity contribution in [3.63, 3.8) is 0 Å². The smallest absolute Gasteiger partial charge is 0.0511 e. The lowest BCUT2D eigenvalue weighted by molar-refractivity contribution is 0.928. The van der Waals surface area contributed by atoms with Crippen molar-refractivity contribution in [2.24, 2.45) is 0 Å². The molecule has 2 heteroatoms. The summed E-state index contributed by atoms with van der Waals surface area (Å²) in [7, 11) is 0. The molecule has 0 N–H and O–H groups in total. The summed E-state index contributed by atoms with van der Waals surface area (Å²) in [4.78, 5) is 0. The van der Waals surface area contributed by atoms with Crippen molar-refractivity contribution in [2.75, 3.05) is 5.88 Å². The van der Waals surface area contributed by atoms with E-state index < -0.39 is 0 Å². The molecule has 1 aromatic carbocycles. The van der Waals surface area contributed by atoms with E-state index in [1.54, 1.807) is 0 Å². The van der Waals surface area contributed by atoms with Crippen molar-refractivity contribution in [1.82, 2.24) is 0 Å². The highest BCUT2D eigenvalue weighted by molar-refractivity contribution is 6.28. The van der Waals surface area contributed by atoms with Crippen LogP contribution in [-0.4, -0.2) is 11.3 Å². The van der Waals surface area contributed by atoms with Crippen molar-refractivity contribution in [3.8, 4) is 0 Å². The molecule has 0 aliphatic heterocycles. The van der Waals surface area contributed by atoms with Crippen LogP contribution in [0.2, 0.25) is 0 Å². The number of hydrogen-bond donors (Lipinski definition) is 0. The lowest BCUT2D eigenvalue weighted by Gasteiger charge is -2.07. The van der Waals surface area contributed by atoms with Crippen LogP contribution >= 0.6 is 23.2 Å². The lowest BCUT2D eigenvalue weighted by Crippen LogP contribution is -2.05. The minimum atomic E-state index is 0.0489. The quantitative estimate of drug-likeness (QED) is 0.660. The van der Waals surface area contributed by atoms with Crippen LogP contribution in [0.15, 0.2) is 24.3 Å². The molecule has 0 bridgehead atoms. The zero-order valence-corrected chi connectivity index (χ0v) is 8.57. The molecule has 0 fully saturated rings. The first-order chi connectivity index (χ1) is 5.74. The Hall–Kier alpha value is -0.200. The molecule has 0 radical (unpaired) electrons. The van der Waals surface area contributed by atoms with E-state index in [0.29, 0.717) is 5.88 Å². The Labute approximate surface area is 83.5 Å². The topological polar surface area (TPSA) is 0 Å². The van der Waals surface area contributed by atoms with E-state index in [-0.39, 0.29) is 5.38 Å². The van der Waals surface area contributed by atoms with Crippen LogP contribution in [0.25, 0.3) is 0 Å². The molecule has 66 valence electrons. The van der Waals surface area contributed by atoms with Gasteiger partial charge in [-0.15, -0.1) is 23.2 Å². The standard InChI is InChI=1S/C10H12Cl2/c1-8-4-2-3-5-9(8)6-10(12)7-11/h2-5,10H,6-7H2,1H3. The number of benzene rings is 1. The Morgan fingerprint density at radius 3 is 2.58 bits per heavy atom. The van der Waals surface area contributed by atoms with Crippen molar-refractivity contribution in [2.45, 2.75) is 18.7 Å². The Kier molecular flexibility index (Phi) is 3.90. The molecule has 0 nitrogen and oxygen atoms in total. The highest BCUT2D eigenvalue weighted by atomic mass is 35.5. The van der Waals surface area contributed by atoms with Gasteiger partial charge in [0.25, 0.3) is 0 Å². The molecule has 0 aliphatic rings. The molecule has 12 heavy (non-hydrogen) atoms. The van der Waals surface area contributed by atoms with Gasteiger partial charge in [0, 0.05) is 5.88 Å². The summed E-state index contributed by atoms with van der Waals surface area (Å²) < 4.78 is 0. The molecule has 1 unspecified atom stereocenters. The first kappa shape index (κ1) is 9.88. The molecule has 0 aromatic heterocycles. The molecule has 1 atom stereocenters. The summed E-state index contributed by atoms with van der Waals surface area (Å²) in [5.41, 5.74) is 2.58. The molecule has 0 heterocycles. The zero-order valence-electron chi connectivity index (χ0n) is 7.06. The predicted octanol–water partition coefficient (Wildman–Crippen LogP) is 3.38. The normalized spacial score (nSPS) is 12.9. The third-order valence-corrected chi connectivity index (χ3v) is 2.71. The molecule has 0 saturated heterocycles. The van der Waals surface area contributed by atoms with Gasteiger partial charge in [-0.05, 0) is 24.5 Å². The van der Waals surface area contributed by atoms with Crippen LogP contribution < -0.4 is 0 Å². The molecule has 1 aromatic rings. The van der Waals surface area contributed by atoms with Gasteiger partial charge in [0.1, 0.15) is 0 Å². The second-order valence-corrected chi connectivity index (χ2v) is 3.81. The monoisotopic (exact) mass is 202 g/mol. The second kappa shape index (κ2) is 4.74. The van der Waals surface area contributed by atoms with Crippen LogP contribution in [0, 0.1) is 6.92 Å². The number of alkyl halides is 2. The molecular formula is C10H12Cl2. The molecule has 0 spiro atoms. The van der Waals surface area contributed by atoms with Gasteiger partial charge in [0.05, 0.1) is 5.38 Å². The summed E-state index contributed by atoms with van der Waals surface area (Å²) in [6.45, 7) is 2.09. The largest absolute Gasteiger partial charge is 0.125 e. The summed E-state index contributed by atoms with van der Waals surface area (Å²) in [6.07, 6.45) is 0.859. The van der Waals surface area contributed by atoms with Crippen LogP contribution in [-0.2, 0) is 6.42 Å². The Bertz CT molecular complexity index is 245. The minimum absolute atomic E-state index is 0.0489. The number of aryl methyl sites for hydroxylation is 1. The van der Waals surface area contributed by atoms with Crippen molar-refractivity contribution in [1.29, 1.82) is 0 Å². The van der Waals surface area contributed by atoms with E-state index in [9.17, 15) is 0 Å². The van der Waals surface area contributed by atoms with E-state index in [0.717, 1.165) is 6.42 Å². The van der Waals surface area contributed by atoms with Gasteiger partial charge in [0.15, 0.2) is 0 Å². The highest BCUT2D eigenvalue weighted by Crippen LogP contribution is 2.13. The number of halogens is 2. The predicted molar refractivity (Wildman–Crippen MR) is 55.2 cm³/mol. The van der Waals surface area contributed by atoms with Crippen molar-refractivity contribution >= 4 is 23.2 Å². The zero-order chi connectivity index (χ0) is 8.97. The molecule has 0 saturated carbocycles. The maximum atomic E-state index is 5.94. The van der Waals surface area contributed by atoms with E-state index in [4.69, 9.17) is 23.2 Å². The average Bonchev–Trinajstić information content (AvgIpc) is 2.09. The first-order valence-corrected chi connectivity index (χ1v) is 4.95. The summed E-state index contributed by atoms with van der Waals surface area (Å²) in [5, 5.41) is 0.0489. The summed E-state index contributed by atoms with van der Waals surface area (Å²) in [6, 6.07) is 8.24. The fourth-order valence-corrected chi connectivity index (χ4v) is 1.41. The number of hydrogen-bond acceptors (Lipinski definition) is 0. The Morgan fingerprint density at radius 1 is 1.33 bits per heavy atom. The van der Waals surface area contributed by atoms with E-state index >= 15 is 0 Å². The van der Waals surface area contributed by atoms with Gasteiger partial charge in [-0.2, -0.15) is 0 Å². The minimum Gasteiger partial charge on any atom is -0.125 e. The Morgan fingerprint density at radius 2 is 2.00 bits per heavy atom. The third-order valence-electron chi connectivity index (χ3n) is 1.87. The van der Waals surface area contributed by atoms with Crippen LogP contribution in [0.5, 0.6) is 0 Å². The SMILES string of the molecule is Cc1ccccc1CC(Cl)CCl. The second-order valence-electron chi connectivity index (χ2n) is 2.88. The number of rotatable bonds is 3. The summed E-state index contributed by atoms with van der Waals surface area (Å²) >= 11 is 11.6. The maximum Gasteiger partial charge on any atom is 0.0511 e. The van der Waals surface area contributed by atoms with Gasteiger partial charge >= 0.3 is 0 Å². The van der Waals surface area contributed by atoms with Crippen LogP contribution in [0.4, 0.5) is 0 Å². The van der Waals surface area contributed by atoms with Gasteiger partial charge in [0.2, 0.25) is 0 Å². The highest BCUT2D eigenvalue weighted by Gasteiger charge is 2.05. The third kappa shape index (κ3) is 2.69. The molecule has 1 rings (SSSR count). The first-order valence-electron chi connectivity index (χ1n) is 3.98. The fourth-order valence-electron chi connectivity index (χ4n) is 1.13. The average molecular weight is 203 g/mol. The van der Waals surface area contributed by atoms with E-state index in [1.165, 1.54) is 11.1 Å². The van der Waals surface area contributed by atoms with Crippen LogP contribution in [0.3, 0.4) is 0 Å². The van der Waals surface area contributed by atoms with E-state index in [2.05, 4.69) is 19.1 Å². The summed E-state index contributed by atoms with van der Waals surface area (Å²) in [5.74, 6) is 0.510. The van der Waals surface area contributed by atoms with E-state index in [1.807, 2.05) is 12.1 Å². The molecule has 0 aliphatic carbocycles. The Balaban J connectivity index is 2.69. The van der Waals surface area contributed by atoms with Crippen LogP contribution in [0.1, 0.15) is 11.1 Å².